The summed E-state index contributed by atoms with van der Waals surface area (Å²) in [5, 5.41) is 3.09. The summed E-state index contributed by atoms with van der Waals surface area (Å²) < 4.78 is 5.26. The highest BCUT2D eigenvalue weighted by atomic mass is 16.5. The Morgan fingerprint density at radius 3 is 2.93 bits per heavy atom. The molecule has 1 heterocycles. The van der Waals surface area contributed by atoms with E-state index in [2.05, 4.69) is 22.5 Å². The van der Waals surface area contributed by atoms with Gasteiger partial charge in [-0.05, 0) is 38.6 Å². The second kappa shape index (κ2) is 7.01. The molecule has 0 saturated heterocycles. The first-order chi connectivity index (χ1) is 7.36. The molecule has 0 fully saturated rings. The predicted octanol–water partition coefficient (Wildman–Crippen LogP) is 2.10. The first kappa shape index (κ1) is 11.7. The summed E-state index contributed by atoms with van der Waals surface area (Å²) in [6.07, 6.45) is 7.05. The lowest BCUT2D eigenvalue weighted by atomic mass is 10.2. The number of nitrogens with one attached hydrogen (secondary N) is 1. The van der Waals surface area contributed by atoms with Crippen molar-refractivity contribution >= 4 is 6.08 Å². The Morgan fingerprint density at radius 1 is 1.47 bits per heavy atom. The second-order valence-electron chi connectivity index (χ2n) is 3.16. The first-order valence-corrected chi connectivity index (χ1v) is 5.26. The Labute approximate surface area is 91.2 Å². The number of rotatable bonds is 6. The number of aromatic nitrogens is 1. The summed E-state index contributed by atoms with van der Waals surface area (Å²) in [7, 11) is 1.95. The van der Waals surface area contributed by atoms with Crippen molar-refractivity contribution in [1.82, 2.24) is 10.3 Å². The fourth-order valence-electron chi connectivity index (χ4n) is 1.17. The van der Waals surface area contributed by atoms with E-state index >= 15 is 0 Å². The normalized spacial score (nSPS) is 10.8. The van der Waals surface area contributed by atoms with Crippen LogP contribution < -0.4 is 10.1 Å². The molecule has 0 amide bonds. The fraction of sp³-hybridized carbons (Fsp3) is 0.417. The van der Waals surface area contributed by atoms with E-state index in [9.17, 15) is 0 Å². The molecular formula is C12H18N2O. The first-order valence-electron chi connectivity index (χ1n) is 5.26. The molecule has 0 spiro atoms. The van der Waals surface area contributed by atoms with Gasteiger partial charge in [0.2, 0.25) is 5.88 Å². The largest absolute Gasteiger partial charge is 0.478 e. The van der Waals surface area contributed by atoms with Gasteiger partial charge < -0.3 is 10.1 Å². The van der Waals surface area contributed by atoms with Crippen LogP contribution in [0.4, 0.5) is 0 Å². The number of hydrogen-bond donors (Lipinski definition) is 1. The van der Waals surface area contributed by atoms with Crippen LogP contribution in [-0.4, -0.2) is 25.2 Å². The topological polar surface area (TPSA) is 34.1 Å². The lowest BCUT2D eigenvalue weighted by Crippen LogP contribution is -2.05. The van der Waals surface area contributed by atoms with Crippen LogP contribution in [0.2, 0.25) is 0 Å². The Bertz CT molecular complexity index is 293. The maximum atomic E-state index is 5.26. The smallest absolute Gasteiger partial charge is 0.213 e. The van der Waals surface area contributed by atoms with Gasteiger partial charge in [0.1, 0.15) is 0 Å². The minimum atomic E-state index is 0.657. The molecule has 1 rings (SSSR count). The minimum absolute atomic E-state index is 0.657. The molecule has 1 N–H and O–H groups in total. The maximum absolute atomic E-state index is 5.26. The summed E-state index contributed by atoms with van der Waals surface area (Å²) in [5.41, 5.74) is 1.11. The average molecular weight is 206 g/mol. The van der Waals surface area contributed by atoms with E-state index in [0.717, 1.165) is 18.5 Å². The van der Waals surface area contributed by atoms with Crippen molar-refractivity contribution in [1.29, 1.82) is 0 Å². The summed E-state index contributed by atoms with van der Waals surface area (Å²) in [4.78, 5) is 4.18. The third-order valence-corrected chi connectivity index (χ3v) is 1.92. The Kier molecular flexibility index (Phi) is 5.48. The summed E-state index contributed by atoms with van der Waals surface area (Å²) in [6.45, 7) is 3.61. The van der Waals surface area contributed by atoms with E-state index in [1.807, 2.05) is 32.3 Å². The standard InChI is InChI=1S/C12H18N2O/c1-3-15-12-8-7-11(10-14-12)6-4-5-9-13-2/h4,6-8,10,13H,3,5,9H2,1-2H3. The molecule has 1 aromatic heterocycles. The van der Waals surface area contributed by atoms with Gasteiger partial charge in [0.05, 0.1) is 6.61 Å². The average Bonchev–Trinajstić information content (AvgIpc) is 2.27. The zero-order chi connectivity index (χ0) is 10.9. The monoisotopic (exact) mass is 206 g/mol. The molecule has 3 nitrogen and oxygen atoms in total. The molecular weight excluding hydrogens is 188 g/mol. The van der Waals surface area contributed by atoms with Gasteiger partial charge in [-0.2, -0.15) is 0 Å². The predicted molar refractivity (Wildman–Crippen MR) is 63.0 cm³/mol. The van der Waals surface area contributed by atoms with Crippen LogP contribution in [0.5, 0.6) is 5.88 Å². The van der Waals surface area contributed by atoms with Crippen molar-refractivity contribution in [2.75, 3.05) is 20.2 Å². The third kappa shape index (κ3) is 4.61. The minimum Gasteiger partial charge on any atom is -0.478 e. The lowest BCUT2D eigenvalue weighted by molar-refractivity contribution is 0.327. The number of hydrogen-bond acceptors (Lipinski definition) is 3. The molecule has 82 valence electrons. The molecule has 1 aromatic rings. The molecule has 15 heavy (non-hydrogen) atoms. The van der Waals surface area contributed by atoms with Crippen molar-refractivity contribution in [3.63, 3.8) is 0 Å². The molecule has 0 unspecified atom stereocenters. The van der Waals surface area contributed by atoms with Crippen LogP contribution in [0.15, 0.2) is 24.4 Å². The van der Waals surface area contributed by atoms with Crippen molar-refractivity contribution in [2.24, 2.45) is 0 Å². The summed E-state index contributed by atoms with van der Waals surface area (Å²) in [5.74, 6) is 0.685. The molecule has 0 bridgehead atoms. The van der Waals surface area contributed by atoms with Gasteiger partial charge in [0, 0.05) is 12.3 Å². The molecule has 0 atom stereocenters. The lowest BCUT2D eigenvalue weighted by Gasteiger charge is -2.00. The van der Waals surface area contributed by atoms with Gasteiger partial charge in [0.15, 0.2) is 0 Å². The van der Waals surface area contributed by atoms with Crippen molar-refractivity contribution in [2.45, 2.75) is 13.3 Å². The van der Waals surface area contributed by atoms with Crippen LogP contribution in [0.3, 0.4) is 0 Å². The fourth-order valence-corrected chi connectivity index (χ4v) is 1.17. The zero-order valence-corrected chi connectivity index (χ0v) is 9.36. The van der Waals surface area contributed by atoms with E-state index in [-0.39, 0.29) is 0 Å². The summed E-state index contributed by atoms with van der Waals surface area (Å²) >= 11 is 0. The van der Waals surface area contributed by atoms with Crippen LogP contribution in [0.1, 0.15) is 18.9 Å². The number of ether oxygens (including phenoxy) is 1. The number of nitrogens with zero attached hydrogens (tertiary/aromatic N) is 1. The molecule has 0 aliphatic rings. The zero-order valence-electron chi connectivity index (χ0n) is 9.36. The van der Waals surface area contributed by atoms with Gasteiger partial charge in [-0.15, -0.1) is 0 Å². The van der Waals surface area contributed by atoms with Gasteiger partial charge >= 0.3 is 0 Å². The Hall–Kier alpha value is -1.35. The molecule has 0 saturated carbocycles. The quantitative estimate of drug-likeness (QED) is 0.724. The molecule has 0 radical (unpaired) electrons. The molecule has 0 aromatic carbocycles. The van der Waals surface area contributed by atoms with Gasteiger partial charge in [-0.25, -0.2) is 4.98 Å². The maximum Gasteiger partial charge on any atom is 0.213 e. The van der Waals surface area contributed by atoms with Crippen molar-refractivity contribution in [3.8, 4) is 5.88 Å². The van der Waals surface area contributed by atoms with Crippen LogP contribution in [0, 0.1) is 0 Å². The van der Waals surface area contributed by atoms with E-state index in [4.69, 9.17) is 4.74 Å². The van der Waals surface area contributed by atoms with Gasteiger partial charge in [-0.1, -0.05) is 12.2 Å². The molecule has 3 heteroatoms. The Morgan fingerprint density at radius 2 is 2.33 bits per heavy atom. The van der Waals surface area contributed by atoms with Gasteiger partial charge in [-0.3, -0.25) is 0 Å². The van der Waals surface area contributed by atoms with Crippen LogP contribution in [0.25, 0.3) is 6.08 Å². The van der Waals surface area contributed by atoms with Gasteiger partial charge in [0.25, 0.3) is 0 Å². The summed E-state index contributed by atoms with van der Waals surface area (Å²) in [6, 6.07) is 3.90. The van der Waals surface area contributed by atoms with E-state index in [1.165, 1.54) is 0 Å². The Balaban J connectivity index is 2.45. The highest BCUT2D eigenvalue weighted by molar-refractivity contribution is 5.48. The van der Waals surface area contributed by atoms with Crippen LogP contribution in [-0.2, 0) is 0 Å². The van der Waals surface area contributed by atoms with E-state index in [0.29, 0.717) is 12.5 Å². The van der Waals surface area contributed by atoms with Crippen molar-refractivity contribution in [3.05, 3.63) is 30.0 Å². The van der Waals surface area contributed by atoms with Crippen molar-refractivity contribution < 1.29 is 4.74 Å². The highest BCUT2D eigenvalue weighted by Gasteiger charge is 1.92. The van der Waals surface area contributed by atoms with E-state index in [1.54, 1.807) is 0 Å². The highest BCUT2D eigenvalue weighted by Crippen LogP contribution is 2.08. The second-order valence-corrected chi connectivity index (χ2v) is 3.16. The molecule has 0 aliphatic heterocycles. The molecule has 0 aliphatic carbocycles. The number of pyridine rings is 1. The van der Waals surface area contributed by atoms with E-state index < -0.39 is 0 Å². The van der Waals surface area contributed by atoms with Crippen LogP contribution >= 0.6 is 0 Å². The SMILES string of the molecule is CCOc1ccc(C=CCCNC)cn1. The third-order valence-electron chi connectivity index (χ3n) is 1.92.